The van der Waals surface area contributed by atoms with Crippen LogP contribution in [0.25, 0.3) is 10.2 Å². The Balaban J connectivity index is 1.92. The van der Waals surface area contributed by atoms with E-state index in [-0.39, 0.29) is 5.75 Å². The van der Waals surface area contributed by atoms with Crippen molar-refractivity contribution in [3.05, 3.63) is 57.6 Å². The predicted molar refractivity (Wildman–Crippen MR) is 101 cm³/mol. The molecule has 0 atom stereocenters. The molecule has 0 amide bonds. The third-order valence-corrected chi connectivity index (χ3v) is 6.89. The molecule has 3 aromatic rings. The van der Waals surface area contributed by atoms with Crippen molar-refractivity contribution in [3.8, 4) is 0 Å². The first-order valence-corrected chi connectivity index (χ1v) is 10.6. The molecule has 0 saturated heterocycles. The maximum atomic E-state index is 12.7. The van der Waals surface area contributed by atoms with Crippen LogP contribution in [0.15, 0.2) is 41.3 Å². The van der Waals surface area contributed by atoms with Crippen molar-refractivity contribution in [1.29, 1.82) is 0 Å². The quantitative estimate of drug-likeness (QED) is 0.613. The minimum Gasteiger partial charge on any atom is -0.240 e. The van der Waals surface area contributed by atoms with Crippen molar-refractivity contribution < 1.29 is 8.42 Å². The number of fused-ring (bicyclic) bond motifs is 1. The molecular weight excluding hydrogens is 362 g/mol. The molecule has 1 heterocycles. The highest BCUT2D eigenvalue weighted by atomic mass is 35.5. The molecule has 0 saturated carbocycles. The number of nitrogens with zero attached hydrogens (tertiary/aromatic N) is 1. The highest BCUT2D eigenvalue weighted by Crippen LogP contribution is 2.32. The molecule has 1 aromatic heterocycles. The van der Waals surface area contributed by atoms with Crippen molar-refractivity contribution in [2.24, 2.45) is 0 Å². The number of hydrogen-bond acceptors (Lipinski definition) is 4. The third kappa shape index (κ3) is 3.48. The molecule has 126 valence electrons. The van der Waals surface area contributed by atoms with Crippen molar-refractivity contribution >= 4 is 43.0 Å². The molecule has 0 unspecified atom stereocenters. The summed E-state index contributed by atoms with van der Waals surface area (Å²) in [6, 6.07) is 10.8. The molecule has 0 radical (unpaired) electrons. The number of thiazole rings is 1. The number of hydrogen-bond donors (Lipinski definition) is 0. The predicted octanol–water partition coefficient (Wildman–Crippen LogP) is 5.18. The Morgan fingerprint density at radius 3 is 2.50 bits per heavy atom. The van der Waals surface area contributed by atoms with Crippen molar-refractivity contribution in [2.45, 2.75) is 37.3 Å². The summed E-state index contributed by atoms with van der Waals surface area (Å²) in [5, 5.41) is 1.35. The second kappa shape index (κ2) is 6.82. The zero-order valence-corrected chi connectivity index (χ0v) is 15.9. The van der Waals surface area contributed by atoms with Gasteiger partial charge in [0, 0.05) is 0 Å². The molecule has 6 heteroatoms. The molecular formula is C18H18ClNO2S2. The third-order valence-electron chi connectivity index (χ3n) is 3.85. The van der Waals surface area contributed by atoms with Gasteiger partial charge in [-0.25, -0.2) is 13.4 Å². The fourth-order valence-corrected chi connectivity index (χ4v) is 5.28. The maximum absolute atomic E-state index is 12.7. The van der Waals surface area contributed by atoms with Crippen LogP contribution in [0.3, 0.4) is 0 Å². The summed E-state index contributed by atoms with van der Waals surface area (Å²) in [5.74, 6) is -0.120. The minimum atomic E-state index is -3.44. The monoisotopic (exact) mass is 379 g/mol. The second-order valence-corrected chi connectivity index (χ2v) is 9.37. The summed E-state index contributed by atoms with van der Waals surface area (Å²) in [7, 11) is -3.44. The summed E-state index contributed by atoms with van der Waals surface area (Å²) in [6.07, 6.45) is 1.99. The van der Waals surface area contributed by atoms with Gasteiger partial charge in [0.25, 0.3) is 0 Å². The van der Waals surface area contributed by atoms with Gasteiger partial charge in [-0.05, 0) is 42.7 Å². The highest BCUT2D eigenvalue weighted by molar-refractivity contribution is 7.90. The van der Waals surface area contributed by atoms with Gasteiger partial charge < -0.3 is 0 Å². The Labute approximate surface area is 151 Å². The minimum absolute atomic E-state index is 0.120. The van der Waals surface area contributed by atoms with Gasteiger partial charge in [0.2, 0.25) is 0 Å². The lowest BCUT2D eigenvalue weighted by atomic mass is 10.1. The van der Waals surface area contributed by atoms with E-state index in [9.17, 15) is 8.42 Å². The van der Waals surface area contributed by atoms with Crippen molar-refractivity contribution in [3.63, 3.8) is 0 Å². The van der Waals surface area contributed by atoms with Crippen LogP contribution in [0.1, 0.15) is 29.5 Å². The first-order chi connectivity index (χ1) is 11.4. The Hall–Kier alpha value is -1.43. The van der Waals surface area contributed by atoms with Gasteiger partial charge in [0.15, 0.2) is 9.84 Å². The molecule has 0 fully saturated rings. The lowest BCUT2D eigenvalue weighted by molar-refractivity contribution is 0.595. The number of aryl methyl sites for hydroxylation is 2. The van der Waals surface area contributed by atoms with Crippen LogP contribution in [0.4, 0.5) is 0 Å². The van der Waals surface area contributed by atoms with Crippen LogP contribution in [0.2, 0.25) is 5.02 Å². The van der Waals surface area contributed by atoms with E-state index in [4.69, 9.17) is 11.6 Å². The second-order valence-electron chi connectivity index (χ2n) is 5.77. The molecule has 0 aliphatic carbocycles. The zero-order chi connectivity index (χ0) is 17.3. The topological polar surface area (TPSA) is 47.0 Å². The average Bonchev–Trinajstić information content (AvgIpc) is 2.92. The van der Waals surface area contributed by atoms with Crippen LogP contribution < -0.4 is 0 Å². The fourth-order valence-electron chi connectivity index (χ4n) is 2.67. The van der Waals surface area contributed by atoms with E-state index in [1.165, 1.54) is 0 Å². The van der Waals surface area contributed by atoms with E-state index in [1.807, 2.05) is 25.1 Å². The van der Waals surface area contributed by atoms with Crippen molar-refractivity contribution in [1.82, 2.24) is 4.98 Å². The first kappa shape index (κ1) is 17.4. The number of halogens is 1. The zero-order valence-electron chi connectivity index (χ0n) is 13.5. The smallest absolute Gasteiger partial charge is 0.182 e. The van der Waals surface area contributed by atoms with Gasteiger partial charge in [0.1, 0.15) is 5.52 Å². The summed E-state index contributed by atoms with van der Waals surface area (Å²) in [4.78, 5) is 4.73. The van der Waals surface area contributed by atoms with E-state index in [0.717, 1.165) is 28.1 Å². The Morgan fingerprint density at radius 2 is 1.83 bits per heavy atom. The van der Waals surface area contributed by atoms with Gasteiger partial charge in [-0.1, -0.05) is 43.1 Å². The molecule has 3 rings (SSSR count). The fraction of sp³-hybridized carbons (Fsp3) is 0.278. The van der Waals surface area contributed by atoms with E-state index >= 15 is 0 Å². The van der Waals surface area contributed by atoms with Gasteiger partial charge >= 0.3 is 0 Å². The summed E-state index contributed by atoms with van der Waals surface area (Å²) in [6.45, 7) is 4.01. The summed E-state index contributed by atoms with van der Waals surface area (Å²) in [5.41, 5.74) is 2.42. The Bertz CT molecular complexity index is 976. The number of benzene rings is 2. The largest absolute Gasteiger partial charge is 0.240 e. The van der Waals surface area contributed by atoms with Gasteiger partial charge in [0.05, 0.1) is 25.4 Å². The summed E-state index contributed by atoms with van der Waals surface area (Å²) >= 11 is 7.95. The highest BCUT2D eigenvalue weighted by Gasteiger charge is 2.19. The average molecular weight is 380 g/mol. The number of sulfone groups is 1. The van der Waals surface area contributed by atoms with Gasteiger partial charge in [-0.15, -0.1) is 11.3 Å². The van der Waals surface area contributed by atoms with E-state index in [1.54, 1.807) is 29.5 Å². The normalized spacial score (nSPS) is 12.0. The molecule has 2 aromatic carbocycles. The van der Waals surface area contributed by atoms with Crippen LogP contribution in [0, 0.1) is 6.92 Å². The van der Waals surface area contributed by atoms with Gasteiger partial charge in [-0.3, -0.25) is 0 Å². The SMILES string of the molecule is CCCc1ccc(S(=O)(=O)Cc2ccc3sc(C)nc3c2Cl)cc1. The number of aromatic nitrogens is 1. The van der Waals surface area contributed by atoms with E-state index in [2.05, 4.69) is 11.9 Å². The van der Waals surface area contributed by atoms with E-state index < -0.39 is 9.84 Å². The van der Waals surface area contributed by atoms with Crippen molar-refractivity contribution in [2.75, 3.05) is 0 Å². The number of rotatable bonds is 5. The first-order valence-electron chi connectivity index (χ1n) is 7.77. The molecule has 0 spiro atoms. The van der Waals surface area contributed by atoms with Crippen LogP contribution in [-0.4, -0.2) is 13.4 Å². The lowest BCUT2D eigenvalue weighted by Crippen LogP contribution is -2.05. The van der Waals surface area contributed by atoms with Gasteiger partial charge in [-0.2, -0.15) is 0 Å². The Kier molecular flexibility index (Phi) is 4.95. The molecule has 3 nitrogen and oxygen atoms in total. The standard InChI is InChI=1S/C18H18ClNO2S2/c1-3-4-13-5-8-15(9-6-13)24(21,22)11-14-7-10-16-18(17(14)19)20-12(2)23-16/h5-10H,3-4,11H2,1-2H3. The lowest BCUT2D eigenvalue weighted by Gasteiger charge is -2.08. The Morgan fingerprint density at radius 1 is 1.12 bits per heavy atom. The summed E-state index contributed by atoms with van der Waals surface area (Å²) < 4.78 is 26.4. The molecule has 24 heavy (non-hydrogen) atoms. The molecule has 0 aliphatic heterocycles. The molecule has 0 N–H and O–H groups in total. The van der Waals surface area contributed by atoms with Crippen LogP contribution in [0.5, 0.6) is 0 Å². The van der Waals surface area contributed by atoms with E-state index in [0.29, 0.717) is 21.0 Å². The molecule has 0 aliphatic rings. The van der Waals surface area contributed by atoms with Crippen LogP contribution >= 0.6 is 22.9 Å². The van der Waals surface area contributed by atoms with Crippen LogP contribution in [-0.2, 0) is 22.0 Å². The molecule has 0 bridgehead atoms. The maximum Gasteiger partial charge on any atom is 0.182 e.